The van der Waals surface area contributed by atoms with Crippen LogP contribution in [-0.2, 0) is 0 Å². The molecule has 0 atom stereocenters. The number of aromatic nitrogens is 4. The van der Waals surface area contributed by atoms with Crippen LogP contribution in [0.4, 0.5) is 4.39 Å². The molecule has 0 bridgehead atoms. The molecule has 0 amide bonds. The molecule has 4 rings (SSSR count). The van der Waals surface area contributed by atoms with Gasteiger partial charge in [0.05, 0.1) is 16.2 Å². The minimum atomic E-state index is -0.360. The Hall–Kier alpha value is -2.24. The van der Waals surface area contributed by atoms with Crippen LogP contribution >= 0.6 is 23.2 Å². The Morgan fingerprint density at radius 3 is 2.70 bits per heavy atom. The van der Waals surface area contributed by atoms with Crippen molar-refractivity contribution in [2.45, 2.75) is 6.92 Å². The predicted octanol–water partition coefficient (Wildman–Crippen LogP) is 4.70. The number of rotatable bonds is 1. The van der Waals surface area contributed by atoms with Crippen molar-refractivity contribution in [1.82, 2.24) is 19.6 Å². The van der Waals surface area contributed by atoms with E-state index in [9.17, 15) is 4.39 Å². The molecule has 114 valence electrons. The highest BCUT2D eigenvalue weighted by Crippen LogP contribution is 2.32. The lowest BCUT2D eigenvalue weighted by atomic mass is 10.2. The Morgan fingerprint density at radius 1 is 1.04 bits per heavy atom. The minimum absolute atomic E-state index is 0.360. The molecule has 0 spiro atoms. The van der Waals surface area contributed by atoms with Gasteiger partial charge in [-0.05, 0) is 37.3 Å². The van der Waals surface area contributed by atoms with Crippen LogP contribution in [0.5, 0.6) is 0 Å². The summed E-state index contributed by atoms with van der Waals surface area (Å²) < 4.78 is 15.5. The molecule has 0 saturated carbocycles. The van der Waals surface area contributed by atoms with Gasteiger partial charge in [-0.1, -0.05) is 23.2 Å². The van der Waals surface area contributed by atoms with Gasteiger partial charge in [0.2, 0.25) is 0 Å². The fourth-order valence-electron chi connectivity index (χ4n) is 2.58. The molecule has 0 radical (unpaired) electrons. The number of hydrogen-bond donors (Lipinski definition) is 0. The zero-order valence-corrected chi connectivity index (χ0v) is 13.4. The molecule has 23 heavy (non-hydrogen) atoms. The topological polar surface area (TPSA) is 43.1 Å². The Balaban J connectivity index is 2.19. The average Bonchev–Trinajstić information content (AvgIpc) is 2.87. The maximum Gasteiger partial charge on any atom is 0.183 e. The Bertz CT molecular complexity index is 1070. The number of fused-ring (bicyclic) bond motifs is 3. The van der Waals surface area contributed by atoms with Crippen LogP contribution in [0.1, 0.15) is 5.69 Å². The van der Waals surface area contributed by atoms with E-state index in [0.717, 1.165) is 0 Å². The molecule has 0 fully saturated rings. The molecule has 0 aliphatic carbocycles. The lowest BCUT2D eigenvalue weighted by Crippen LogP contribution is -1.98. The lowest BCUT2D eigenvalue weighted by Gasteiger charge is -2.07. The van der Waals surface area contributed by atoms with Crippen molar-refractivity contribution in [2.24, 2.45) is 0 Å². The van der Waals surface area contributed by atoms with Crippen molar-refractivity contribution in [2.75, 3.05) is 0 Å². The van der Waals surface area contributed by atoms with Gasteiger partial charge in [0.1, 0.15) is 17.2 Å². The van der Waals surface area contributed by atoms with E-state index in [0.29, 0.717) is 43.8 Å². The summed E-state index contributed by atoms with van der Waals surface area (Å²) in [5.74, 6) is 0.191. The highest BCUT2D eigenvalue weighted by molar-refractivity contribution is 6.35. The van der Waals surface area contributed by atoms with E-state index in [1.807, 2.05) is 6.92 Å². The van der Waals surface area contributed by atoms with E-state index < -0.39 is 0 Å². The summed E-state index contributed by atoms with van der Waals surface area (Å²) in [6.45, 7) is 1.82. The average molecular weight is 347 g/mol. The summed E-state index contributed by atoms with van der Waals surface area (Å²) >= 11 is 12.4. The smallest absolute Gasteiger partial charge is 0.183 e. The van der Waals surface area contributed by atoms with Gasteiger partial charge in [0, 0.05) is 16.7 Å². The van der Waals surface area contributed by atoms with Gasteiger partial charge < -0.3 is 0 Å². The van der Waals surface area contributed by atoms with Gasteiger partial charge in [-0.15, -0.1) is 10.2 Å². The molecule has 0 aliphatic rings. The van der Waals surface area contributed by atoms with Crippen LogP contribution in [0.15, 0.2) is 36.4 Å². The number of hydrogen-bond acceptors (Lipinski definition) is 3. The number of imidazole rings is 1. The third-order valence-corrected chi connectivity index (χ3v) is 4.19. The molecule has 7 heteroatoms. The Kier molecular flexibility index (Phi) is 3.21. The van der Waals surface area contributed by atoms with Gasteiger partial charge in [0.15, 0.2) is 5.65 Å². The molecule has 2 aromatic heterocycles. The second-order valence-corrected chi connectivity index (χ2v) is 5.98. The van der Waals surface area contributed by atoms with Crippen LogP contribution in [0.2, 0.25) is 10.0 Å². The number of halogens is 3. The van der Waals surface area contributed by atoms with Gasteiger partial charge >= 0.3 is 0 Å². The second kappa shape index (κ2) is 5.15. The SMILES string of the molecule is Cc1nc(-c2cc(Cl)ccc2Cl)n2c1nnc1ccc(F)cc12. The Labute approximate surface area is 140 Å². The summed E-state index contributed by atoms with van der Waals surface area (Å²) in [6.07, 6.45) is 0. The van der Waals surface area contributed by atoms with Crippen LogP contribution < -0.4 is 0 Å². The third-order valence-electron chi connectivity index (χ3n) is 3.62. The van der Waals surface area contributed by atoms with Crippen LogP contribution in [0.3, 0.4) is 0 Å². The number of benzene rings is 2. The highest BCUT2D eigenvalue weighted by Gasteiger charge is 2.17. The first-order chi connectivity index (χ1) is 11.0. The van der Waals surface area contributed by atoms with Crippen molar-refractivity contribution in [3.63, 3.8) is 0 Å². The quantitative estimate of drug-likeness (QED) is 0.501. The van der Waals surface area contributed by atoms with Crippen molar-refractivity contribution < 1.29 is 4.39 Å². The van der Waals surface area contributed by atoms with Crippen molar-refractivity contribution in [3.05, 3.63) is 58.0 Å². The lowest BCUT2D eigenvalue weighted by molar-refractivity contribution is 0.629. The van der Waals surface area contributed by atoms with E-state index in [1.165, 1.54) is 12.1 Å². The van der Waals surface area contributed by atoms with Gasteiger partial charge in [-0.2, -0.15) is 0 Å². The van der Waals surface area contributed by atoms with Crippen LogP contribution in [0, 0.1) is 12.7 Å². The zero-order chi connectivity index (χ0) is 16.1. The van der Waals surface area contributed by atoms with Crippen molar-refractivity contribution >= 4 is 39.9 Å². The molecular formula is C16H9Cl2FN4. The number of aryl methyl sites for hydroxylation is 1. The maximum atomic E-state index is 13.7. The largest absolute Gasteiger partial charge is 0.273 e. The fourth-order valence-corrected chi connectivity index (χ4v) is 2.95. The molecule has 4 aromatic rings. The van der Waals surface area contributed by atoms with E-state index in [1.54, 1.807) is 28.7 Å². The first-order valence-electron chi connectivity index (χ1n) is 6.81. The van der Waals surface area contributed by atoms with Crippen LogP contribution in [-0.4, -0.2) is 19.6 Å². The molecular weight excluding hydrogens is 338 g/mol. The predicted molar refractivity (Wildman–Crippen MR) is 88.4 cm³/mol. The Morgan fingerprint density at radius 2 is 1.87 bits per heavy atom. The van der Waals surface area contributed by atoms with Gasteiger partial charge in [0.25, 0.3) is 0 Å². The first-order valence-corrected chi connectivity index (χ1v) is 7.56. The van der Waals surface area contributed by atoms with Crippen LogP contribution in [0.25, 0.3) is 28.1 Å². The summed E-state index contributed by atoms with van der Waals surface area (Å²) in [5, 5.41) is 9.35. The summed E-state index contributed by atoms with van der Waals surface area (Å²) in [5.41, 5.74) is 3.02. The maximum absolute atomic E-state index is 13.7. The summed E-state index contributed by atoms with van der Waals surface area (Å²) in [4.78, 5) is 4.54. The van der Waals surface area contributed by atoms with E-state index in [2.05, 4.69) is 15.2 Å². The zero-order valence-electron chi connectivity index (χ0n) is 11.9. The molecule has 0 saturated heterocycles. The molecule has 0 aliphatic heterocycles. The monoisotopic (exact) mass is 346 g/mol. The second-order valence-electron chi connectivity index (χ2n) is 5.14. The normalized spacial score (nSPS) is 11.5. The van der Waals surface area contributed by atoms with Crippen molar-refractivity contribution in [3.8, 4) is 11.4 Å². The number of nitrogens with zero attached hydrogens (tertiary/aromatic N) is 4. The van der Waals surface area contributed by atoms with E-state index in [-0.39, 0.29) is 5.82 Å². The molecule has 0 unspecified atom stereocenters. The first kappa shape index (κ1) is 14.4. The van der Waals surface area contributed by atoms with E-state index in [4.69, 9.17) is 23.2 Å². The standard InChI is InChI=1S/C16H9Cl2FN4/c1-8-15-22-21-13-5-3-10(19)7-14(13)23(15)16(20-8)11-6-9(17)2-4-12(11)18/h2-7H,1H3. The fraction of sp³-hybridized carbons (Fsp3) is 0.0625. The summed E-state index contributed by atoms with van der Waals surface area (Å²) in [6, 6.07) is 9.46. The van der Waals surface area contributed by atoms with Gasteiger partial charge in [-0.3, -0.25) is 4.40 Å². The molecule has 2 aromatic carbocycles. The molecule has 0 N–H and O–H groups in total. The highest BCUT2D eigenvalue weighted by atomic mass is 35.5. The van der Waals surface area contributed by atoms with Crippen molar-refractivity contribution in [1.29, 1.82) is 0 Å². The van der Waals surface area contributed by atoms with Gasteiger partial charge in [-0.25, -0.2) is 9.37 Å². The molecule has 4 nitrogen and oxygen atoms in total. The molecule has 2 heterocycles. The van der Waals surface area contributed by atoms with E-state index >= 15 is 0 Å². The third kappa shape index (κ3) is 2.24. The minimum Gasteiger partial charge on any atom is -0.273 e. The summed E-state index contributed by atoms with van der Waals surface area (Å²) in [7, 11) is 0.